The lowest BCUT2D eigenvalue weighted by atomic mass is 10.4. The number of aromatic nitrogens is 5. The number of aryl methyl sites for hydroxylation is 1. The molecule has 0 atom stereocenters. The van der Waals surface area contributed by atoms with Crippen molar-refractivity contribution < 1.29 is 0 Å². The van der Waals surface area contributed by atoms with Crippen molar-refractivity contribution in [3.05, 3.63) is 5.69 Å². The first-order chi connectivity index (χ1) is 8.24. The molecule has 0 spiro atoms. The first-order valence-corrected chi connectivity index (χ1v) is 7.41. The van der Waals surface area contributed by atoms with E-state index in [4.69, 9.17) is 11.6 Å². The number of halogens is 1. The Hall–Kier alpha value is -0.660. The molecule has 0 fully saturated rings. The topological polar surface area (TPSA) is 56.5 Å². The first-order valence-electron chi connectivity index (χ1n) is 5.11. The Labute approximate surface area is 113 Å². The highest BCUT2D eigenvalue weighted by atomic mass is 35.5. The van der Waals surface area contributed by atoms with Crippen molar-refractivity contribution in [1.82, 2.24) is 24.4 Å². The van der Waals surface area contributed by atoms with Gasteiger partial charge >= 0.3 is 0 Å². The third kappa shape index (κ3) is 2.78. The molecule has 0 radical (unpaired) electrons. The van der Waals surface area contributed by atoms with E-state index < -0.39 is 0 Å². The van der Waals surface area contributed by atoms with E-state index in [0.717, 1.165) is 33.7 Å². The summed E-state index contributed by atoms with van der Waals surface area (Å²) in [6, 6.07) is 0. The van der Waals surface area contributed by atoms with Crippen LogP contribution in [0.2, 0.25) is 0 Å². The molecule has 0 saturated heterocycles. The van der Waals surface area contributed by atoms with E-state index in [1.807, 2.05) is 18.5 Å². The molecule has 0 aliphatic rings. The van der Waals surface area contributed by atoms with E-state index in [1.165, 1.54) is 11.5 Å². The molecule has 17 heavy (non-hydrogen) atoms. The molecule has 2 aromatic rings. The van der Waals surface area contributed by atoms with Gasteiger partial charge in [0.1, 0.15) is 4.88 Å². The summed E-state index contributed by atoms with van der Waals surface area (Å²) < 4.78 is 5.88. The monoisotopic (exact) mass is 289 g/mol. The average Bonchev–Trinajstić information content (AvgIpc) is 2.87. The van der Waals surface area contributed by atoms with Gasteiger partial charge in [-0.15, -0.1) is 26.9 Å². The van der Waals surface area contributed by atoms with Crippen LogP contribution in [0.15, 0.2) is 5.16 Å². The van der Waals surface area contributed by atoms with Crippen LogP contribution in [0.1, 0.15) is 12.1 Å². The van der Waals surface area contributed by atoms with Crippen LogP contribution in [0.25, 0.3) is 10.7 Å². The fraction of sp³-hybridized carbons (Fsp3) is 0.556. The van der Waals surface area contributed by atoms with Crippen molar-refractivity contribution in [3.63, 3.8) is 0 Å². The standard InChI is InChI=1S/C9H12ClN5S2/c1-6-7(17-14-11-6)8-12-13-9(15(8)2)16-5-3-4-10/h3-5H2,1-2H3. The molecule has 0 amide bonds. The van der Waals surface area contributed by atoms with E-state index in [-0.39, 0.29) is 0 Å². The van der Waals surface area contributed by atoms with Crippen LogP contribution in [-0.2, 0) is 7.05 Å². The minimum atomic E-state index is 0.676. The molecule has 0 saturated carbocycles. The number of nitrogens with zero attached hydrogens (tertiary/aromatic N) is 5. The van der Waals surface area contributed by atoms with Crippen molar-refractivity contribution in [2.45, 2.75) is 18.5 Å². The molecule has 0 N–H and O–H groups in total. The van der Waals surface area contributed by atoms with Crippen LogP contribution in [0.4, 0.5) is 0 Å². The van der Waals surface area contributed by atoms with E-state index in [0.29, 0.717) is 5.88 Å². The number of hydrogen-bond acceptors (Lipinski definition) is 6. The molecule has 2 rings (SSSR count). The number of alkyl halides is 1. The van der Waals surface area contributed by atoms with Crippen molar-refractivity contribution in [1.29, 1.82) is 0 Å². The zero-order valence-electron chi connectivity index (χ0n) is 9.55. The van der Waals surface area contributed by atoms with Crippen LogP contribution in [0, 0.1) is 6.92 Å². The molecular weight excluding hydrogens is 278 g/mol. The maximum atomic E-state index is 5.64. The largest absolute Gasteiger partial charge is 0.304 e. The van der Waals surface area contributed by atoms with Gasteiger partial charge in [-0.25, -0.2) is 0 Å². The Morgan fingerprint density at radius 1 is 1.35 bits per heavy atom. The van der Waals surface area contributed by atoms with Crippen molar-refractivity contribution in [3.8, 4) is 10.7 Å². The Kier molecular flexibility index (Phi) is 4.36. The molecule has 0 aliphatic carbocycles. The molecule has 0 unspecified atom stereocenters. The molecule has 0 bridgehead atoms. The molecule has 0 aliphatic heterocycles. The van der Waals surface area contributed by atoms with Crippen molar-refractivity contribution >= 4 is 34.9 Å². The van der Waals surface area contributed by atoms with Crippen LogP contribution < -0.4 is 0 Å². The zero-order chi connectivity index (χ0) is 12.3. The third-order valence-electron chi connectivity index (χ3n) is 2.20. The average molecular weight is 290 g/mol. The summed E-state index contributed by atoms with van der Waals surface area (Å²) in [4.78, 5) is 0.976. The number of rotatable bonds is 5. The van der Waals surface area contributed by atoms with Crippen LogP contribution >= 0.6 is 34.9 Å². The molecular formula is C9H12ClN5S2. The molecule has 92 valence electrons. The van der Waals surface area contributed by atoms with E-state index in [2.05, 4.69) is 19.8 Å². The minimum absolute atomic E-state index is 0.676. The highest BCUT2D eigenvalue weighted by Gasteiger charge is 2.15. The van der Waals surface area contributed by atoms with Gasteiger partial charge < -0.3 is 4.57 Å². The number of thioether (sulfide) groups is 1. The van der Waals surface area contributed by atoms with Crippen LogP contribution in [0.5, 0.6) is 0 Å². The summed E-state index contributed by atoms with van der Waals surface area (Å²) in [5.41, 5.74) is 0.891. The molecule has 5 nitrogen and oxygen atoms in total. The van der Waals surface area contributed by atoms with Crippen LogP contribution in [0.3, 0.4) is 0 Å². The van der Waals surface area contributed by atoms with Gasteiger partial charge in [-0.2, -0.15) is 0 Å². The van der Waals surface area contributed by atoms with Gasteiger partial charge in [0.25, 0.3) is 0 Å². The van der Waals surface area contributed by atoms with Gasteiger partial charge in [0.15, 0.2) is 11.0 Å². The first kappa shape index (κ1) is 12.8. The Morgan fingerprint density at radius 2 is 2.18 bits per heavy atom. The Morgan fingerprint density at radius 3 is 2.82 bits per heavy atom. The van der Waals surface area contributed by atoms with Gasteiger partial charge in [0.05, 0.1) is 5.69 Å². The maximum absolute atomic E-state index is 5.64. The minimum Gasteiger partial charge on any atom is -0.304 e. The Balaban J connectivity index is 2.18. The second-order valence-corrected chi connectivity index (χ2v) is 5.64. The Bertz CT molecular complexity index is 495. The fourth-order valence-electron chi connectivity index (χ4n) is 1.29. The summed E-state index contributed by atoms with van der Waals surface area (Å²) >= 11 is 8.65. The molecule has 8 heteroatoms. The lowest BCUT2D eigenvalue weighted by Crippen LogP contribution is -1.95. The fourth-order valence-corrected chi connectivity index (χ4v) is 3.11. The predicted octanol–water partition coefficient (Wildman–Crippen LogP) is 2.36. The van der Waals surface area contributed by atoms with Gasteiger partial charge in [-0.3, -0.25) is 0 Å². The van der Waals surface area contributed by atoms with E-state index in [9.17, 15) is 0 Å². The summed E-state index contributed by atoms with van der Waals surface area (Å²) in [6.07, 6.45) is 0.968. The molecule has 2 aromatic heterocycles. The number of hydrogen-bond donors (Lipinski definition) is 0. The predicted molar refractivity (Wildman–Crippen MR) is 70.7 cm³/mol. The van der Waals surface area contributed by atoms with Crippen molar-refractivity contribution in [2.24, 2.45) is 7.05 Å². The summed E-state index contributed by atoms with van der Waals surface area (Å²) in [5.74, 6) is 2.45. The SMILES string of the molecule is Cc1nnsc1-c1nnc(SCCCCl)n1C. The van der Waals surface area contributed by atoms with Crippen molar-refractivity contribution in [2.75, 3.05) is 11.6 Å². The molecule has 0 aromatic carbocycles. The van der Waals surface area contributed by atoms with Gasteiger partial charge in [0, 0.05) is 18.7 Å². The maximum Gasteiger partial charge on any atom is 0.191 e. The highest BCUT2D eigenvalue weighted by molar-refractivity contribution is 7.99. The van der Waals surface area contributed by atoms with Gasteiger partial charge in [-0.1, -0.05) is 16.3 Å². The second kappa shape index (κ2) is 5.79. The quantitative estimate of drug-likeness (QED) is 0.480. The van der Waals surface area contributed by atoms with Gasteiger partial charge in [0.2, 0.25) is 0 Å². The summed E-state index contributed by atoms with van der Waals surface area (Å²) in [5, 5.41) is 13.2. The molecule has 2 heterocycles. The normalized spacial score (nSPS) is 11.0. The second-order valence-electron chi connectivity index (χ2n) is 3.44. The highest BCUT2D eigenvalue weighted by Crippen LogP contribution is 2.26. The van der Waals surface area contributed by atoms with E-state index in [1.54, 1.807) is 11.8 Å². The summed E-state index contributed by atoms with van der Waals surface area (Å²) in [7, 11) is 1.96. The summed E-state index contributed by atoms with van der Waals surface area (Å²) in [6.45, 7) is 1.92. The van der Waals surface area contributed by atoms with Crippen LogP contribution in [-0.4, -0.2) is 36.0 Å². The third-order valence-corrected chi connectivity index (χ3v) is 4.40. The van der Waals surface area contributed by atoms with E-state index >= 15 is 0 Å². The van der Waals surface area contributed by atoms with Gasteiger partial charge in [-0.05, 0) is 24.9 Å². The lowest BCUT2D eigenvalue weighted by molar-refractivity contribution is 0.793. The smallest absolute Gasteiger partial charge is 0.191 e. The lowest BCUT2D eigenvalue weighted by Gasteiger charge is -2.01. The zero-order valence-corrected chi connectivity index (χ0v) is 11.9.